The number of tetrazole rings is 1. The van der Waals surface area contributed by atoms with E-state index in [2.05, 4.69) is 20.8 Å². The maximum absolute atomic E-state index is 13.7. The molecule has 2 atom stereocenters. The molecule has 2 fully saturated rings. The SMILES string of the molecule is CCOc1ccc(-c2ccccc2[C@H]2CO[C@]3(CCCNC3)C2)c(-n2nnnc2C(F)(F)F)c1. The normalized spacial score (nSPS) is 22.9. The van der Waals surface area contributed by atoms with E-state index in [9.17, 15) is 13.2 Å². The molecule has 2 aromatic carbocycles. The van der Waals surface area contributed by atoms with Gasteiger partial charge < -0.3 is 14.8 Å². The summed E-state index contributed by atoms with van der Waals surface area (Å²) in [5, 5.41) is 13.7. The van der Waals surface area contributed by atoms with Crippen molar-refractivity contribution in [3.63, 3.8) is 0 Å². The maximum atomic E-state index is 13.7. The Labute approximate surface area is 195 Å². The van der Waals surface area contributed by atoms with E-state index in [0.717, 1.165) is 48.2 Å². The molecule has 7 nitrogen and oxygen atoms in total. The Bertz CT molecular complexity index is 1160. The van der Waals surface area contributed by atoms with Gasteiger partial charge in [0.05, 0.1) is 24.5 Å². The van der Waals surface area contributed by atoms with Crippen LogP contribution >= 0.6 is 0 Å². The molecule has 10 heteroatoms. The Kier molecular flexibility index (Phi) is 6.03. The Morgan fingerprint density at radius 3 is 2.82 bits per heavy atom. The van der Waals surface area contributed by atoms with Crippen LogP contribution in [0.3, 0.4) is 0 Å². The summed E-state index contributed by atoms with van der Waals surface area (Å²) >= 11 is 0. The fourth-order valence-corrected chi connectivity index (χ4v) is 5.08. The number of piperidine rings is 1. The minimum absolute atomic E-state index is 0.131. The number of benzene rings is 2. The zero-order valence-electron chi connectivity index (χ0n) is 18.8. The van der Waals surface area contributed by atoms with Crippen molar-refractivity contribution in [3.05, 3.63) is 53.9 Å². The summed E-state index contributed by atoms with van der Waals surface area (Å²) in [6.07, 6.45) is -1.77. The van der Waals surface area contributed by atoms with Crippen LogP contribution < -0.4 is 10.1 Å². The molecule has 0 unspecified atom stereocenters. The molecular formula is C24H26F3N5O2. The molecule has 1 spiro atoms. The molecule has 5 rings (SSSR count). The average molecular weight is 473 g/mol. The standard InChI is InChI=1S/C24H26F3N5O2/c1-2-33-17-8-9-20(21(12-17)32-22(24(25,26)27)29-30-31-32)19-7-4-3-6-18(19)16-13-23(34-14-16)10-5-11-28-15-23/h3-4,6-9,12,16,28H,2,5,10-11,13-15H2,1H3/t16-,23-/m1/s1. The third kappa shape index (κ3) is 4.27. The van der Waals surface area contributed by atoms with Crippen LogP contribution in [0.25, 0.3) is 16.8 Å². The van der Waals surface area contributed by atoms with Crippen molar-refractivity contribution in [3.8, 4) is 22.6 Å². The number of rotatable bonds is 5. The number of hydrogen-bond donors (Lipinski definition) is 1. The summed E-state index contributed by atoms with van der Waals surface area (Å²) in [5.74, 6) is -0.610. The van der Waals surface area contributed by atoms with Gasteiger partial charge in [-0.1, -0.05) is 24.3 Å². The first-order chi connectivity index (χ1) is 16.4. The molecule has 1 aromatic heterocycles. The second-order valence-corrected chi connectivity index (χ2v) is 8.79. The van der Waals surface area contributed by atoms with Crippen LogP contribution in [0.15, 0.2) is 42.5 Å². The van der Waals surface area contributed by atoms with Crippen LogP contribution in [0.4, 0.5) is 13.2 Å². The highest BCUT2D eigenvalue weighted by Gasteiger charge is 2.43. The minimum Gasteiger partial charge on any atom is -0.494 e. The van der Waals surface area contributed by atoms with Gasteiger partial charge in [-0.2, -0.15) is 17.9 Å². The van der Waals surface area contributed by atoms with Crippen molar-refractivity contribution in [2.24, 2.45) is 0 Å². The van der Waals surface area contributed by atoms with E-state index in [0.29, 0.717) is 24.5 Å². The third-order valence-electron chi connectivity index (χ3n) is 6.56. The lowest BCUT2D eigenvalue weighted by molar-refractivity contribution is -0.146. The first-order valence-electron chi connectivity index (χ1n) is 11.5. The number of alkyl halides is 3. The average Bonchev–Trinajstić information content (AvgIpc) is 3.48. The van der Waals surface area contributed by atoms with Gasteiger partial charge in [-0.25, -0.2) is 0 Å². The Morgan fingerprint density at radius 2 is 2.06 bits per heavy atom. The molecule has 180 valence electrons. The summed E-state index contributed by atoms with van der Waals surface area (Å²) in [7, 11) is 0. The van der Waals surface area contributed by atoms with Crippen LogP contribution in [0.5, 0.6) is 5.75 Å². The zero-order chi connectivity index (χ0) is 23.8. The second-order valence-electron chi connectivity index (χ2n) is 8.79. The van der Waals surface area contributed by atoms with Crippen LogP contribution in [-0.2, 0) is 10.9 Å². The lowest BCUT2D eigenvalue weighted by Crippen LogP contribution is -2.45. The number of hydrogen-bond acceptors (Lipinski definition) is 6. The maximum Gasteiger partial charge on any atom is 0.453 e. The van der Waals surface area contributed by atoms with Gasteiger partial charge in [0.1, 0.15) is 5.75 Å². The molecular weight excluding hydrogens is 447 g/mol. The van der Waals surface area contributed by atoms with Crippen molar-refractivity contribution < 1.29 is 22.6 Å². The smallest absolute Gasteiger partial charge is 0.453 e. The molecule has 2 aliphatic rings. The van der Waals surface area contributed by atoms with Gasteiger partial charge in [0, 0.05) is 24.1 Å². The highest BCUT2D eigenvalue weighted by Crippen LogP contribution is 2.44. The van der Waals surface area contributed by atoms with Gasteiger partial charge >= 0.3 is 6.18 Å². The molecule has 3 aromatic rings. The Balaban J connectivity index is 1.60. The number of nitrogens with zero attached hydrogens (tertiary/aromatic N) is 4. The molecule has 0 bridgehead atoms. The minimum atomic E-state index is -4.71. The highest BCUT2D eigenvalue weighted by molar-refractivity contribution is 5.77. The highest BCUT2D eigenvalue weighted by atomic mass is 19.4. The lowest BCUT2D eigenvalue weighted by Gasteiger charge is -2.33. The van der Waals surface area contributed by atoms with E-state index < -0.39 is 12.0 Å². The van der Waals surface area contributed by atoms with Crippen molar-refractivity contribution >= 4 is 0 Å². The molecule has 0 radical (unpaired) electrons. The van der Waals surface area contributed by atoms with E-state index >= 15 is 0 Å². The summed E-state index contributed by atoms with van der Waals surface area (Å²) in [4.78, 5) is 0. The molecule has 1 N–H and O–H groups in total. The van der Waals surface area contributed by atoms with Gasteiger partial charge in [-0.05, 0) is 66.4 Å². The summed E-state index contributed by atoms with van der Waals surface area (Å²) in [5.41, 5.74) is 2.50. The van der Waals surface area contributed by atoms with Crippen LogP contribution in [-0.4, -0.2) is 52.1 Å². The number of halogens is 3. The Hall–Kier alpha value is -2.98. The van der Waals surface area contributed by atoms with Gasteiger partial charge in [0.2, 0.25) is 0 Å². The van der Waals surface area contributed by atoms with Crippen LogP contribution in [0.1, 0.15) is 43.5 Å². The number of nitrogens with one attached hydrogen (secondary N) is 1. The molecule has 0 saturated carbocycles. The molecule has 3 heterocycles. The van der Waals surface area contributed by atoms with Crippen LogP contribution in [0.2, 0.25) is 0 Å². The predicted octanol–water partition coefficient (Wildman–Crippen LogP) is 4.37. The summed E-state index contributed by atoms with van der Waals surface area (Å²) < 4.78 is 53.6. The fourth-order valence-electron chi connectivity index (χ4n) is 5.08. The largest absolute Gasteiger partial charge is 0.494 e. The van der Waals surface area contributed by atoms with Crippen LogP contribution in [0, 0.1) is 0 Å². The number of ether oxygens (including phenoxy) is 2. The molecule has 0 aliphatic carbocycles. The molecule has 2 aliphatic heterocycles. The first-order valence-corrected chi connectivity index (χ1v) is 11.5. The second kappa shape index (κ2) is 8.99. The molecule has 34 heavy (non-hydrogen) atoms. The topological polar surface area (TPSA) is 74.1 Å². The van der Waals surface area contributed by atoms with E-state index in [-0.39, 0.29) is 17.2 Å². The van der Waals surface area contributed by atoms with Crippen molar-refractivity contribution in [1.29, 1.82) is 0 Å². The summed E-state index contributed by atoms with van der Waals surface area (Å²) in [6.45, 7) is 4.59. The Morgan fingerprint density at radius 1 is 1.21 bits per heavy atom. The lowest BCUT2D eigenvalue weighted by atomic mass is 9.82. The molecule has 0 amide bonds. The van der Waals surface area contributed by atoms with E-state index in [1.54, 1.807) is 18.2 Å². The van der Waals surface area contributed by atoms with Gasteiger partial charge in [-0.3, -0.25) is 0 Å². The van der Waals surface area contributed by atoms with Crippen molar-refractivity contribution in [1.82, 2.24) is 25.5 Å². The van der Waals surface area contributed by atoms with E-state index in [4.69, 9.17) is 9.47 Å². The predicted molar refractivity (Wildman–Crippen MR) is 119 cm³/mol. The van der Waals surface area contributed by atoms with Crippen molar-refractivity contribution in [2.45, 2.75) is 43.9 Å². The quantitative estimate of drug-likeness (QED) is 0.593. The van der Waals surface area contributed by atoms with Crippen molar-refractivity contribution in [2.75, 3.05) is 26.3 Å². The molecule has 2 saturated heterocycles. The van der Waals surface area contributed by atoms with Gasteiger partial charge in [0.15, 0.2) is 0 Å². The monoisotopic (exact) mass is 473 g/mol. The number of aromatic nitrogens is 4. The van der Waals surface area contributed by atoms with Gasteiger partial charge in [-0.15, -0.1) is 5.10 Å². The fraction of sp³-hybridized carbons (Fsp3) is 0.458. The first kappa shape index (κ1) is 22.8. The third-order valence-corrected chi connectivity index (χ3v) is 6.56. The van der Waals surface area contributed by atoms with E-state index in [1.807, 2.05) is 31.2 Å². The summed E-state index contributed by atoms with van der Waals surface area (Å²) in [6, 6.07) is 12.9. The zero-order valence-corrected chi connectivity index (χ0v) is 18.8. The van der Waals surface area contributed by atoms with E-state index in [1.165, 1.54) is 0 Å². The van der Waals surface area contributed by atoms with Gasteiger partial charge in [0.25, 0.3) is 5.82 Å².